The molecule has 41 heavy (non-hydrogen) atoms. The highest BCUT2D eigenvalue weighted by Gasteiger charge is 2.38. The van der Waals surface area contributed by atoms with Crippen molar-refractivity contribution in [2.24, 2.45) is 0 Å². The average molecular weight is 558 g/mol. The number of carboxylic acid groups (broad SMARTS) is 1. The smallest absolute Gasteiger partial charge is 0.305 e. The fourth-order valence-electron chi connectivity index (χ4n) is 4.41. The van der Waals surface area contributed by atoms with Crippen molar-refractivity contribution in [3.63, 3.8) is 0 Å². The van der Waals surface area contributed by atoms with Gasteiger partial charge in [-0.2, -0.15) is 0 Å². The summed E-state index contributed by atoms with van der Waals surface area (Å²) in [7, 11) is 0. The van der Waals surface area contributed by atoms with E-state index < -0.39 is 48.7 Å². The number of aliphatic carboxylic acids is 1. The van der Waals surface area contributed by atoms with Crippen LogP contribution in [-0.4, -0.2) is 71.1 Å². The van der Waals surface area contributed by atoms with Gasteiger partial charge in [0, 0.05) is 18.0 Å². The Morgan fingerprint density at radius 2 is 1.63 bits per heavy atom. The van der Waals surface area contributed by atoms with Crippen LogP contribution < -0.4 is 20.4 Å². The zero-order chi connectivity index (χ0) is 29.4. The number of anilines is 2. The number of rotatable bonds is 10. The number of carbonyl (C=O) groups is 6. The van der Waals surface area contributed by atoms with Crippen molar-refractivity contribution in [1.82, 2.24) is 15.6 Å². The molecule has 0 saturated carbocycles. The Morgan fingerprint density at radius 3 is 2.29 bits per heavy atom. The number of aldehydes is 1. The molecule has 210 valence electrons. The molecule has 0 spiro atoms. The number of aromatic nitrogens is 1. The molecule has 4 amide bonds. The molecule has 0 radical (unpaired) electrons. The topological polar surface area (TPSA) is 166 Å². The van der Waals surface area contributed by atoms with Gasteiger partial charge in [0.1, 0.15) is 18.9 Å². The van der Waals surface area contributed by atoms with Crippen LogP contribution in [0.15, 0.2) is 79.1 Å². The van der Waals surface area contributed by atoms with Crippen LogP contribution in [-0.2, 0) is 30.4 Å². The van der Waals surface area contributed by atoms with E-state index in [0.29, 0.717) is 23.1 Å². The number of para-hydroxylation sites is 2. The van der Waals surface area contributed by atoms with Gasteiger partial charge in [0.2, 0.25) is 11.8 Å². The first-order valence-electron chi connectivity index (χ1n) is 12.7. The molecule has 3 aromatic rings. The molecule has 0 saturated heterocycles. The average Bonchev–Trinajstić information content (AvgIpc) is 3.08. The number of hydrogen-bond acceptors (Lipinski definition) is 7. The number of amides is 4. The Kier molecular flexibility index (Phi) is 9.15. The summed E-state index contributed by atoms with van der Waals surface area (Å²) in [6.07, 6.45) is 2.77. The zero-order valence-corrected chi connectivity index (χ0v) is 21.8. The van der Waals surface area contributed by atoms with E-state index in [1.165, 1.54) is 4.90 Å². The van der Waals surface area contributed by atoms with Crippen molar-refractivity contribution in [2.45, 2.75) is 24.9 Å². The van der Waals surface area contributed by atoms with Gasteiger partial charge in [-0.25, -0.2) is 0 Å². The number of carbonyl (C=O) groups excluding carboxylic acids is 5. The molecule has 0 fully saturated rings. The number of benzene rings is 2. The number of carboxylic acids is 1. The van der Waals surface area contributed by atoms with Crippen LogP contribution in [0.4, 0.5) is 11.4 Å². The molecule has 12 heteroatoms. The summed E-state index contributed by atoms with van der Waals surface area (Å²) in [4.78, 5) is 82.3. The summed E-state index contributed by atoms with van der Waals surface area (Å²) in [5.74, 6) is -3.66. The van der Waals surface area contributed by atoms with Gasteiger partial charge in [-0.05, 0) is 42.0 Å². The standard InChI is InChI=1S/C29H27N5O7/c35-18-21(15-27(38)39)31-25(36)17-34-24-9-5-4-8-23(24)33(26(37)14-19-10-12-30-13-11-19)16-22(29(34)41)32-28(40)20-6-2-1-3-7-20/h1-13,18,21-22H,14-17H2,(H,31,36)(H,32,40)(H,38,39)/t21?,22-/m0/s1. The highest BCUT2D eigenvalue weighted by atomic mass is 16.4. The largest absolute Gasteiger partial charge is 0.481 e. The summed E-state index contributed by atoms with van der Waals surface area (Å²) in [5, 5.41) is 14.0. The summed E-state index contributed by atoms with van der Waals surface area (Å²) < 4.78 is 0. The second kappa shape index (κ2) is 13.1. The Morgan fingerprint density at radius 1 is 0.976 bits per heavy atom. The Bertz CT molecular complexity index is 1450. The summed E-state index contributed by atoms with van der Waals surface area (Å²) in [6, 6.07) is 15.5. The highest BCUT2D eigenvalue weighted by molar-refractivity contribution is 6.11. The maximum Gasteiger partial charge on any atom is 0.305 e. The lowest BCUT2D eigenvalue weighted by molar-refractivity contribution is -0.139. The molecule has 0 aliphatic carbocycles. The molecule has 1 aliphatic rings. The Balaban J connectivity index is 1.69. The zero-order valence-electron chi connectivity index (χ0n) is 21.8. The number of nitrogens with one attached hydrogen (secondary N) is 2. The quantitative estimate of drug-likeness (QED) is 0.310. The predicted molar refractivity (Wildman–Crippen MR) is 147 cm³/mol. The molecule has 0 bridgehead atoms. The van der Waals surface area contributed by atoms with Crippen LogP contribution in [0.1, 0.15) is 22.3 Å². The van der Waals surface area contributed by atoms with E-state index in [1.807, 2.05) is 0 Å². The van der Waals surface area contributed by atoms with Gasteiger partial charge >= 0.3 is 5.97 Å². The van der Waals surface area contributed by atoms with Gasteiger partial charge in [0.05, 0.1) is 36.8 Å². The van der Waals surface area contributed by atoms with Crippen LogP contribution in [0.25, 0.3) is 0 Å². The third-order valence-corrected chi connectivity index (χ3v) is 6.35. The van der Waals surface area contributed by atoms with Crippen molar-refractivity contribution in [3.05, 3.63) is 90.3 Å². The van der Waals surface area contributed by atoms with Crippen LogP contribution in [0.2, 0.25) is 0 Å². The molecule has 12 nitrogen and oxygen atoms in total. The molecular formula is C29H27N5O7. The highest BCUT2D eigenvalue weighted by Crippen LogP contribution is 2.33. The van der Waals surface area contributed by atoms with Crippen LogP contribution >= 0.6 is 0 Å². The lowest BCUT2D eigenvalue weighted by Gasteiger charge is -2.25. The maximum atomic E-state index is 13.9. The molecule has 4 rings (SSSR count). The molecule has 1 aromatic heterocycles. The maximum absolute atomic E-state index is 13.9. The fraction of sp³-hybridized carbons (Fsp3) is 0.207. The minimum atomic E-state index is -1.30. The SMILES string of the molecule is O=CC(CC(=O)O)NC(=O)CN1C(=O)[C@@H](NC(=O)c2ccccc2)CN(C(=O)Cc2ccncc2)c2ccccc21. The second-order valence-corrected chi connectivity index (χ2v) is 9.25. The van der Waals surface area contributed by atoms with E-state index in [-0.39, 0.29) is 24.6 Å². The lowest BCUT2D eigenvalue weighted by Crippen LogP contribution is -2.54. The monoisotopic (exact) mass is 557 g/mol. The minimum absolute atomic E-state index is 0.0128. The molecule has 1 aliphatic heterocycles. The van der Waals surface area contributed by atoms with Gasteiger partial charge in [-0.1, -0.05) is 30.3 Å². The van der Waals surface area contributed by atoms with Gasteiger partial charge < -0.3 is 25.4 Å². The molecule has 3 N–H and O–H groups in total. The first-order valence-corrected chi connectivity index (χ1v) is 12.7. The predicted octanol–water partition coefficient (Wildman–Crippen LogP) is 0.961. The van der Waals surface area contributed by atoms with Crippen molar-refractivity contribution in [2.75, 3.05) is 22.9 Å². The third-order valence-electron chi connectivity index (χ3n) is 6.35. The van der Waals surface area contributed by atoms with E-state index in [1.54, 1.807) is 79.1 Å². The van der Waals surface area contributed by atoms with Crippen molar-refractivity contribution in [3.8, 4) is 0 Å². The molecule has 2 atom stereocenters. The first-order chi connectivity index (χ1) is 19.8. The molecular weight excluding hydrogens is 530 g/mol. The normalized spacial score (nSPS) is 15.2. The summed E-state index contributed by atoms with van der Waals surface area (Å²) in [5.41, 5.74) is 1.55. The Labute approximate surface area is 235 Å². The van der Waals surface area contributed by atoms with Gasteiger partial charge in [-0.3, -0.25) is 33.9 Å². The van der Waals surface area contributed by atoms with Crippen molar-refractivity contribution < 1.29 is 33.9 Å². The van der Waals surface area contributed by atoms with Crippen molar-refractivity contribution >= 4 is 47.3 Å². The Hall–Kier alpha value is -5.39. The summed E-state index contributed by atoms with van der Waals surface area (Å²) in [6.45, 7) is -0.809. The van der Waals surface area contributed by atoms with Crippen molar-refractivity contribution in [1.29, 1.82) is 0 Å². The molecule has 2 heterocycles. The first kappa shape index (κ1) is 28.6. The van der Waals surface area contributed by atoms with E-state index in [0.717, 1.165) is 4.90 Å². The number of pyridine rings is 1. The second-order valence-electron chi connectivity index (χ2n) is 9.25. The minimum Gasteiger partial charge on any atom is -0.481 e. The van der Waals surface area contributed by atoms with Crippen LogP contribution in [0, 0.1) is 0 Å². The number of hydrogen-bond donors (Lipinski definition) is 3. The molecule has 2 aromatic carbocycles. The van der Waals surface area contributed by atoms with Crippen LogP contribution in [0.3, 0.4) is 0 Å². The van der Waals surface area contributed by atoms with Gasteiger partial charge in [0.25, 0.3) is 11.8 Å². The third kappa shape index (κ3) is 7.18. The fourth-order valence-corrected chi connectivity index (χ4v) is 4.41. The van der Waals surface area contributed by atoms with E-state index in [2.05, 4.69) is 15.6 Å². The van der Waals surface area contributed by atoms with E-state index in [4.69, 9.17) is 5.11 Å². The summed E-state index contributed by atoms with van der Waals surface area (Å²) >= 11 is 0. The van der Waals surface area contributed by atoms with E-state index in [9.17, 15) is 28.8 Å². The van der Waals surface area contributed by atoms with Crippen LogP contribution in [0.5, 0.6) is 0 Å². The number of fused-ring (bicyclic) bond motifs is 1. The van der Waals surface area contributed by atoms with E-state index >= 15 is 0 Å². The lowest BCUT2D eigenvalue weighted by atomic mass is 10.1. The van der Waals surface area contributed by atoms with Gasteiger partial charge in [-0.15, -0.1) is 0 Å². The number of nitrogens with zero attached hydrogens (tertiary/aromatic N) is 3. The van der Waals surface area contributed by atoms with Gasteiger partial charge in [0.15, 0.2) is 0 Å². The molecule has 1 unspecified atom stereocenters.